The lowest BCUT2D eigenvalue weighted by molar-refractivity contribution is 0.465. The minimum atomic E-state index is -0.561. The molecule has 2 aromatic rings. The summed E-state index contributed by atoms with van der Waals surface area (Å²) in [6.07, 6.45) is 3.07. The van der Waals surface area contributed by atoms with Crippen molar-refractivity contribution in [3.63, 3.8) is 0 Å². The summed E-state index contributed by atoms with van der Waals surface area (Å²) in [6.45, 7) is 5.56. The maximum atomic E-state index is 13.8. The molecule has 114 valence electrons. The number of nitrogens with one attached hydrogen (secondary N) is 1. The summed E-state index contributed by atoms with van der Waals surface area (Å²) in [6, 6.07) is 3.59. The number of rotatable bonds is 7. The summed E-state index contributed by atoms with van der Waals surface area (Å²) in [5, 5.41) is 11.3. The predicted molar refractivity (Wildman–Crippen MR) is 76.8 cm³/mol. The zero-order valence-corrected chi connectivity index (χ0v) is 12.3. The molecule has 0 aliphatic rings. The quantitative estimate of drug-likeness (QED) is 0.854. The number of aromatic nitrogens is 3. The molecule has 0 saturated heterocycles. The summed E-state index contributed by atoms with van der Waals surface area (Å²) in [7, 11) is 0. The minimum Gasteiger partial charge on any atom is -0.309 e. The van der Waals surface area contributed by atoms with Crippen LogP contribution in [0.4, 0.5) is 8.78 Å². The van der Waals surface area contributed by atoms with Crippen LogP contribution in [0, 0.1) is 11.6 Å². The SMILES string of the molecule is CCCn1nncc1C(Cc1ccc(F)cc1F)NCC. The van der Waals surface area contributed by atoms with Crippen molar-refractivity contribution < 1.29 is 8.78 Å². The molecule has 0 aliphatic heterocycles. The average molecular weight is 294 g/mol. The monoisotopic (exact) mass is 294 g/mol. The van der Waals surface area contributed by atoms with Crippen LogP contribution in [0.15, 0.2) is 24.4 Å². The first-order chi connectivity index (χ1) is 10.2. The molecule has 0 spiro atoms. The second-order valence-electron chi connectivity index (χ2n) is 4.93. The Morgan fingerprint density at radius 1 is 1.29 bits per heavy atom. The van der Waals surface area contributed by atoms with E-state index in [4.69, 9.17) is 0 Å². The van der Waals surface area contributed by atoms with E-state index in [1.807, 2.05) is 11.6 Å². The molecule has 1 atom stereocenters. The van der Waals surface area contributed by atoms with Crippen LogP contribution in [0.5, 0.6) is 0 Å². The molecule has 1 aromatic heterocycles. The van der Waals surface area contributed by atoms with Crippen molar-refractivity contribution in [3.8, 4) is 0 Å². The number of hydrogen-bond acceptors (Lipinski definition) is 3. The van der Waals surface area contributed by atoms with Gasteiger partial charge in [-0.25, -0.2) is 13.5 Å². The van der Waals surface area contributed by atoms with Gasteiger partial charge in [-0.05, 0) is 31.0 Å². The Kier molecular flexibility index (Phi) is 5.38. The van der Waals surface area contributed by atoms with E-state index in [-0.39, 0.29) is 6.04 Å². The van der Waals surface area contributed by atoms with Crippen LogP contribution in [-0.4, -0.2) is 21.5 Å². The Labute approximate surface area is 123 Å². The molecule has 0 radical (unpaired) electrons. The van der Waals surface area contributed by atoms with Crippen molar-refractivity contribution in [2.45, 2.75) is 39.3 Å². The summed E-state index contributed by atoms with van der Waals surface area (Å²) >= 11 is 0. The second kappa shape index (κ2) is 7.26. The van der Waals surface area contributed by atoms with Crippen LogP contribution in [0.3, 0.4) is 0 Å². The number of hydrogen-bond donors (Lipinski definition) is 1. The molecule has 6 heteroatoms. The molecule has 1 heterocycles. The van der Waals surface area contributed by atoms with E-state index in [1.165, 1.54) is 12.1 Å². The molecular weight excluding hydrogens is 274 g/mol. The maximum absolute atomic E-state index is 13.8. The molecule has 0 saturated carbocycles. The van der Waals surface area contributed by atoms with Gasteiger partial charge < -0.3 is 5.32 Å². The molecule has 0 aliphatic carbocycles. The van der Waals surface area contributed by atoms with Gasteiger partial charge >= 0.3 is 0 Å². The number of nitrogens with zero attached hydrogens (tertiary/aromatic N) is 3. The molecule has 21 heavy (non-hydrogen) atoms. The summed E-state index contributed by atoms with van der Waals surface area (Å²) in [4.78, 5) is 0. The van der Waals surface area contributed by atoms with Gasteiger partial charge in [-0.3, -0.25) is 0 Å². The Bertz CT molecular complexity index is 583. The predicted octanol–water partition coefficient (Wildman–Crippen LogP) is 2.86. The second-order valence-corrected chi connectivity index (χ2v) is 4.93. The molecule has 0 bridgehead atoms. The first-order valence-electron chi connectivity index (χ1n) is 7.21. The minimum absolute atomic E-state index is 0.100. The maximum Gasteiger partial charge on any atom is 0.129 e. The highest BCUT2D eigenvalue weighted by atomic mass is 19.1. The summed E-state index contributed by atoms with van der Waals surface area (Å²) in [5.41, 5.74) is 1.40. The van der Waals surface area contributed by atoms with Gasteiger partial charge in [0.05, 0.1) is 17.9 Å². The van der Waals surface area contributed by atoms with E-state index in [0.29, 0.717) is 12.0 Å². The smallest absolute Gasteiger partial charge is 0.129 e. The van der Waals surface area contributed by atoms with Crippen LogP contribution in [-0.2, 0) is 13.0 Å². The molecule has 1 N–H and O–H groups in total. The molecule has 1 unspecified atom stereocenters. The highest BCUT2D eigenvalue weighted by Crippen LogP contribution is 2.20. The van der Waals surface area contributed by atoms with E-state index in [9.17, 15) is 8.78 Å². The van der Waals surface area contributed by atoms with E-state index in [0.717, 1.165) is 31.3 Å². The highest BCUT2D eigenvalue weighted by Gasteiger charge is 2.18. The van der Waals surface area contributed by atoms with Gasteiger partial charge in [-0.1, -0.05) is 25.1 Å². The van der Waals surface area contributed by atoms with Gasteiger partial charge in [0.25, 0.3) is 0 Å². The Balaban J connectivity index is 2.24. The first-order valence-corrected chi connectivity index (χ1v) is 7.21. The van der Waals surface area contributed by atoms with Crippen molar-refractivity contribution >= 4 is 0 Å². The van der Waals surface area contributed by atoms with Crippen LogP contribution < -0.4 is 5.32 Å². The third-order valence-corrected chi connectivity index (χ3v) is 3.33. The van der Waals surface area contributed by atoms with Crippen LogP contribution in [0.2, 0.25) is 0 Å². The van der Waals surface area contributed by atoms with Crippen molar-refractivity contribution in [1.29, 1.82) is 0 Å². The molecule has 2 rings (SSSR count). The van der Waals surface area contributed by atoms with E-state index < -0.39 is 11.6 Å². The third kappa shape index (κ3) is 3.85. The van der Waals surface area contributed by atoms with Gasteiger partial charge in [-0.2, -0.15) is 0 Å². The lowest BCUT2D eigenvalue weighted by Crippen LogP contribution is -2.26. The van der Waals surface area contributed by atoms with Crippen LogP contribution >= 0.6 is 0 Å². The number of likely N-dealkylation sites (N-methyl/N-ethyl adjacent to an activating group) is 1. The van der Waals surface area contributed by atoms with Crippen molar-refractivity contribution in [3.05, 3.63) is 47.3 Å². The highest BCUT2D eigenvalue weighted by molar-refractivity contribution is 5.21. The van der Waals surface area contributed by atoms with Crippen LogP contribution in [0.1, 0.15) is 37.6 Å². The lowest BCUT2D eigenvalue weighted by Gasteiger charge is -2.19. The fourth-order valence-electron chi connectivity index (χ4n) is 2.36. The fraction of sp³-hybridized carbons (Fsp3) is 0.467. The van der Waals surface area contributed by atoms with Gasteiger partial charge in [0.15, 0.2) is 0 Å². The zero-order chi connectivity index (χ0) is 15.2. The normalized spacial score (nSPS) is 12.6. The largest absolute Gasteiger partial charge is 0.309 e. The third-order valence-electron chi connectivity index (χ3n) is 3.33. The molecule has 4 nitrogen and oxygen atoms in total. The van der Waals surface area contributed by atoms with Crippen molar-refractivity contribution in [2.24, 2.45) is 0 Å². The Morgan fingerprint density at radius 2 is 2.10 bits per heavy atom. The van der Waals surface area contributed by atoms with E-state index in [1.54, 1.807) is 6.20 Å². The number of halogens is 2. The number of benzene rings is 1. The summed E-state index contributed by atoms with van der Waals surface area (Å²) < 4.78 is 28.7. The van der Waals surface area contributed by atoms with E-state index >= 15 is 0 Å². The van der Waals surface area contributed by atoms with Gasteiger partial charge in [0.1, 0.15) is 11.6 Å². The van der Waals surface area contributed by atoms with Gasteiger partial charge in [0, 0.05) is 12.6 Å². The Morgan fingerprint density at radius 3 is 2.76 bits per heavy atom. The molecular formula is C15H20F2N4. The van der Waals surface area contributed by atoms with Crippen LogP contribution in [0.25, 0.3) is 0 Å². The van der Waals surface area contributed by atoms with Crippen molar-refractivity contribution in [1.82, 2.24) is 20.3 Å². The van der Waals surface area contributed by atoms with E-state index in [2.05, 4.69) is 22.6 Å². The standard InChI is InChI=1S/C15H20F2N4/c1-3-7-21-15(10-19-20-21)14(18-4-2)8-11-5-6-12(16)9-13(11)17/h5-6,9-10,14,18H,3-4,7-8H2,1-2H3. The zero-order valence-electron chi connectivity index (χ0n) is 12.3. The summed E-state index contributed by atoms with van der Waals surface area (Å²) in [5.74, 6) is -1.08. The first kappa shape index (κ1) is 15.6. The topological polar surface area (TPSA) is 42.7 Å². The molecule has 0 amide bonds. The average Bonchev–Trinajstić information content (AvgIpc) is 2.90. The van der Waals surface area contributed by atoms with Gasteiger partial charge in [-0.15, -0.1) is 5.10 Å². The molecule has 0 fully saturated rings. The fourth-order valence-corrected chi connectivity index (χ4v) is 2.36. The molecule has 1 aromatic carbocycles. The van der Waals surface area contributed by atoms with Gasteiger partial charge in [0.2, 0.25) is 0 Å². The number of aryl methyl sites for hydroxylation is 1. The van der Waals surface area contributed by atoms with Crippen molar-refractivity contribution in [2.75, 3.05) is 6.54 Å². The Hall–Kier alpha value is -1.82. The lowest BCUT2D eigenvalue weighted by atomic mass is 10.0.